The summed E-state index contributed by atoms with van der Waals surface area (Å²) in [5.74, 6) is -0.610. The zero-order valence-corrected chi connectivity index (χ0v) is 33.8. The lowest BCUT2D eigenvalue weighted by molar-refractivity contribution is -0.137. The number of anilines is 2. The standard InChI is InChI=1S/C39H48Br2N10O4/c40-30-22-26(23-31(41)35(30)43)24-33(46-38(54)50-16-11-29(12-17-50)51-25-34(47-39(51)55)27-6-2-1-3-7-27)36(52)45-32(8-4-5-13-42)37(53)49-20-18-48(19-21-49)28-9-14-44-15-10-28/h1-3,6-7,9-10,14-15,22-23,25,29,32-33H,4-5,8,11-13,16-21,24,42-43H2,(H,45,52)(H,46,54)(H,47,55)/t32-,33+/m0/s1. The number of urea groups is 1. The number of unbranched alkanes of at least 4 members (excludes halogenated alkanes) is 1. The van der Waals surface area contributed by atoms with Gasteiger partial charge in [0.05, 0.1) is 11.4 Å². The fourth-order valence-electron chi connectivity index (χ4n) is 7.22. The van der Waals surface area contributed by atoms with Gasteiger partial charge in [-0.05, 0) is 106 Å². The van der Waals surface area contributed by atoms with Crippen molar-refractivity contribution in [3.8, 4) is 11.3 Å². The number of carbonyl (C=O) groups excluding carboxylic acids is 3. The van der Waals surface area contributed by atoms with Crippen LogP contribution in [0.25, 0.3) is 11.3 Å². The minimum atomic E-state index is -0.998. The number of nitrogens with one attached hydrogen (secondary N) is 3. The number of likely N-dealkylation sites (tertiary alicyclic amines) is 1. The Morgan fingerprint density at radius 1 is 0.873 bits per heavy atom. The monoisotopic (exact) mass is 878 g/mol. The zero-order chi connectivity index (χ0) is 38.9. The number of nitrogens with two attached hydrogens (primary N) is 2. The summed E-state index contributed by atoms with van der Waals surface area (Å²) in [6, 6.07) is 15.0. The molecular formula is C39H48Br2N10O4. The summed E-state index contributed by atoms with van der Waals surface area (Å²) in [5.41, 5.74) is 15.7. The third-order valence-corrected chi connectivity index (χ3v) is 11.7. The van der Waals surface area contributed by atoms with Crippen LogP contribution in [0, 0.1) is 0 Å². The number of halogens is 2. The van der Waals surface area contributed by atoms with Crippen molar-refractivity contribution in [1.82, 2.24) is 35.0 Å². The SMILES string of the molecule is NCCCC[C@H](NC(=O)[C@@H](Cc1cc(Br)c(N)c(Br)c1)NC(=O)N1CCC(n2cc(-c3ccccc3)[nH]c2=O)CC1)C(=O)N1CCN(c2ccncc2)CC1. The highest BCUT2D eigenvalue weighted by Gasteiger charge is 2.33. The molecule has 0 bridgehead atoms. The van der Waals surface area contributed by atoms with E-state index in [0.29, 0.717) is 92.6 Å². The first-order valence-electron chi connectivity index (χ1n) is 18.7. The summed E-state index contributed by atoms with van der Waals surface area (Å²) >= 11 is 6.99. The average molecular weight is 881 g/mol. The third-order valence-electron chi connectivity index (χ3n) is 10.3. The summed E-state index contributed by atoms with van der Waals surface area (Å²) in [4.78, 5) is 67.7. The van der Waals surface area contributed by atoms with Gasteiger partial charge in [0.1, 0.15) is 12.1 Å². The van der Waals surface area contributed by atoms with E-state index in [0.717, 1.165) is 22.5 Å². The molecule has 0 aliphatic carbocycles. The zero-order valence-electron chi connectivity index (χ0n) is 30.6. The van der Waals surface area contributed by atoms with Crippen LogP contribution in [-0.2, 0) is 16.0 Å². The van der Waals surface area contributed by atoms with Crippen LogP contribution in [0.15, 0.2) is 86.9 Å². The van der Waals surface area contributed by atoms with Crippen LogP contribution in [-0.4, -0.2) is 100 Å². The molecule has 7 N–H and O–H groups in total. The van der Waals surface area contributed by atoms with Gasteiger partial charge in [0.15, 0.2) is 0 Å². The number of carbonyl (C=O) groups is 3. The number of rotatable bonds is 13. The van der Waals surface area contributed by atoms with Crippen LogP contribution in [0.3, 0.4) is 0 Å². The van der Waals surface area contributed by atoms with E-state index in [1.165, 1.54) is 0 Å². The molecule has 0 spiro atoms. The average Bonchev–Trinajstić information content (AvgIpc) is 3.61. The molecule has 2 fully saturated rings. The lowest BCUT2D eigenvalue weighted by Crippen LogP contribution is -2.59. The fraction of sp³-hybridized carbons (Fsp3) is 0.410. The number of pyridine rings is 1. The highest BCUT2D eigenvalue weighted by Crippen LogP contribution is 2.30. The summed E-state index contributed by atoms with van der Waals surface area (Å²) in [7, 11) is 0. The van der Waals surface area contributed by atoms with E-state index in [1.54, 1.807) is 26.8 Å². The number of aromatic nitrogens is 3. The number of nitrogen functional groups attached to an aromatic ring is 1. The molecule has 0 unspecified atom stereocenters. The Kier molecular flexibility index (Phi) is 13.7. The Labute approximate surface area is 337 Å². The van der Waals surface area contributed by atoms with Crippen LogP contribution in [0.4, 0.5) is 16.2 Å². The van der Waals surface area contributed by atoms with Crippen LogP contribution in [0.5, 0.6) is 0 Å². The van der Waals surface area contributed by atoms with Crippen molar-refractivity contribution in [3.63, 3.8) is 0 Å². The first kappa shape index (κ1) is 40.0. The number of nitrogens with zero attached hydrogens (tertiary/aromatic N) is 5. The van der Waals surface area contributed by atoms with Gasteiger partial charge >= 0.3 is 11.7 Å². The minimum Gasteiger partial charge on any atom is -0.397 e. The van der Waals surface area contributed by atoms with Gasteiger partial charge in [0, 0.05) is 85.0 Å². The molecule has 2 aromatic heterocycles. The van der Waals surface area contributed by atoms with Gasteiger partial charge in [0.25, 0.3) is 0 Å². The van der Waals surface area contributed by atoms with Gasteiger partial charge in [-0.3, -0.25) is 19.1 Å². The number of H-pyrrole nitrogens is 1. The van der Waals surface area contributed by atoms with Crippen molar-refractivity contribution in [2.24, 2.45) is 5.73 Å². The van der Waals surface area contributed by atoms with Gasteiger partial charge < -0.3 is 41.8 Å². The summed E-state index contributed by atoms with van der Waals surface area (Å²) in [6.45, 7) is 3.60. The predicted octanol–water partition coefficient (Wildman–Crippen LogP) is 4.27. The van der Waals surface area contributed by atoms with Gasteiger partial charge in [-0.2, -0.15) is 0 Å². The normalized spacial score (nSPS) is 16.1. The van der Waals surface area contributed by atoms with Gasteiger partial charge in [-0.15, -0.1) is 0 Å². The molecule has 16 heteroatoms. The van der Waals surface area contributed by atoms with E-state index in [2.05, 4.69) is 57.4 Å². The highest BCUT2D eigenvalue weighted by atomic mass is 79.9. The van der Waals surface area contributed by atoms with Crippen molar-refractivity contribution in [3.05, 3.63) is 98.2 Å². The molecule has 0 radical (unpaired) electrons. The number of aromatic amines is 1. The Morgan fingerprint density at radius 2 is 1.55 bits per heavy atom. The number of imidazole rings is 1. The summed E-state index contributed by atoms with van der Waals surface area (Å²) < 4.78 is 3.02. The molecule has 2 saturated heterocycles. The maximum Gasteiger partial charge on any atom is 0.326 e. The molecule has 2 aromatic carbocycles. The minimum absolute atomic E-state index is 0.0827. The van der Waals surface area contributed by atoms with Crippen LogP contribution in [0.2, 0.25) is 0 Å². The quantitative estimate of drug-likeness (QED) is 0.0974. The van der Waals surface area contributed by atoms with E-state index in [4.69, 9.17) is 11.5 Å². The van der Waals surface area contributed by atoms with Crippen molar-refractivity contribution in [2.75, 3.05) is 56.4 Å². The number of piperidine rings is 1. The number of hydrogen-bond donors (Lipinski definition) is 5. The lowest BCUT2D eigenvalue weighted by atomic mass is 10.0. The largest absolute Gasteiger partial charge is 0.397 e. The third kappa shape index (κ3) is 10.2. The molecule has 2 aliphatic rings. The molecule has 4 amide bonds. The lowest BCUT2D eigenvalue weighted by Gasteiger charge is -2.38. The second-order valence-electron chi connectivity index (χ2n) is 14.0. The molecule has 2 atom stereocenters. The van der Waals surface area contributed by atoms with E-state index in [-0.39, 0.29) is 24.1 Å². The van der Waals surface area contributed by atoms with E-state index < -0.39 is 24.0 Å². The van der Waals surface area contributed by atoms with Crippen molar-refractivity contribution < 1.29 is 14.4 Å². The second kappa shape index (κ2) is 18.8. The molecule has 6 rings (SSSR count). The number of benzene rings is 2. The predicted molar refractivity (Wildman–Crippen MR) is 220 cm³/mol. The number of amides is 4. The molecular weight excluding hydrogens is 832 g/mol. The van der Waals surface area contributed by atoms with Crippen molar-refractivity contribution in [2.45, 2.75) is 56.7 Å². The molecule has 55 heavy (non-hydrogen) atoms. The fourth-order valence-corrected chi connectivity index (χ4v) is 8.50. The Balaban J connectivity index is 1.14. The Bertz CT molecular complexity index is 1950. The Hall–Kier alpha value is -4.67. The summed E-state index contributed by atoms with van der Waals surface area (Å²) in [5, 5.41) is 6.00. The number of hydrogen-bond acceptors (Lipinski definition) is 8. The molecule has 14 nitrogen and oxygen atoms in total. The van der Waals surface area contributed by atoms with Crippen molar-refractivity contribution >= 4 is 61.1 Å². The van der Waals surface area contributed by atoms with Gasteiger partial charge in [0.2, 0.25) is 11.8 Å². The van der Waals surface area contributed by atoms with Gasteiger partial charge in [-0.1, -0.05) is 30.3 Å². The van der Waals surface area contributed by atoms with Crippen LogP contribution < -0.4 is 32.7 Å². The Morgan fingerprint density at radius 3 is 2.20 bits per heavy atom. The molecule has 2 aliphatic heterocycles. The molecule has 4 heterocycles. The molecule has 0 saturated carbocycles. The molecule has 292 valence electrons. The first-order valence-corrected chi connectivity index (χ1v) is 20.3. The van der Waals surface area contributed by atoms with E-state index >= 15 is 0 Å². The van der Waals surface area contributed by atoms with E-state index in [1.807, 2.05) is 60.8 Å². The number of piperazine rings is 1. The second-order valence-corrected chi connectivity index (χ2v) is 15.7. The van der Waals surface area contributed by atoms with Gasteiger partial charge in [-0.25, -0.2) is 9.59 Å². The topological polar surface area (TPSA) is 188 Å². The van der Waals surface area contributed by atoms with E-state index in [9.17, 15) is 19.2 Å². The van der Waals surface area contributed by atoms with Crippen LogP contribution in [0.1, 0.15) is 43.7 Å². The first-order chi connectivity index (χ1) is 26.6. The molecule has 4 aromatic rings. The smallest absolute Gasteiger partial charge is 0.326 e. The van der Waals surface area contributed by atoms with Crippen LogP contribution >= 0.6 is 31.9 Å². The highest BCUT2D eigenvalue weighted by molar-refractivity contribution is 9.11. The maximum absolute atomic E-state index is 14.2. The maximum atomic E-state index is 14.2. The van der Waals surface area contributed by atoms with Crippen molar-refractivity contribution in [1.29, 1.82) is 0 Å². The summed E-state index contributed by atoms with van der Waals surface area (Å²) in [6.07, 6.45) is 8.43.